The number of amides is 1. The van der Waals surface area contributed by atoms with Gasteiger partial charge in [0.2, 0.25) is 5.95 Å². The average molecular weight is 433 g/mol. The lowest BCUT2D eigenvalue weighted by Crippen LogP contribution is -2.24. The highest BCUT2D eigenvalue weighted by Crippen LogP contribution is 2.27. The molecule has 0 fully saturated rings. The Morgan fingerprint density at radius 3 is 2.78 bits per heavy atom. The topological polar surface area (TPSA) is 127 Å². The van der Waals surface area contributed by atoms with Crippen LogP contribution in [0.3, 0.4) is 0 Å². The number of H-pyrrole nitrogens is 1. The van der Waals surface area contributed by atoms with Gasteiger partial charge in [0.1, 0.15) is 5.65 Å². The third-order valence-electron chi connectivity index (χ3n) is 5.09. The molecule has 9 nitrogen and oxygen atoms in total. The summed E-state index contributed by atoms with van der Waals surface area (Å²) in [6.45, 7) is 4.24. The molecular weight excluding hydrogens is 404 g/mol. The summed E-state index contributed by atoms with van der Waals surface area (Å²) in [5, 5.41) is 11.5. The molecule has 0 aliphatic heterocycles. The molecule has 3 aromatic heterocycles. The maximum Gasteiger partial charge on any atom is 0.251 e. The van der Waals surface area contributed by atoms with Crippen molar-refractivity contribution in [1.29, 1.82) is 0 Å². The Morgan fingerprint density at radius 2 is 2.00 bits per heavy atom. The maximum absolute atomic E-state index is 12.2. The van der Waals surface area contributed by atoms with E-state index in [4.69, 9.17) is 10.7 Å². The normalized spacial score (nSPS) is 11.1. The number of aryl methyl sites for hydroxylation is 1. The van der Waals surface area contributed by atoms with E-state index in [-0.39, 0.29) is 5.91 Å². The molecule has 0 aliphatic rings. The van der Waals surface area contributed by atoms with E-state index < -0.39 is 0 Å². The Labute approximate surface area is 186 Å². The number of anilines is 2. The Hall–Kier alpha value is -3.72. The third kappa shape index (κ3) is 4.94. The van der Waals surface area contributed by atoms with E-state index in [9.17, 15) is 4.79 Å². The van der Waals surface area contributed by atoms with E-state index in [2.05, 4.69) is 32.6 Å². The summed E-state index contributed by atoms with van der Waals surface area (Å²) in [6.07, 6.45) is 8.47. The van der Waals surface area contributed by atoms with E-state index in [0.717, 1.165) is 53.8 Å². The van der Waals surface area contributed by atoms with Gasteiger partial charge in [0.15, 0.2) is 0 Å². The molecule has 32 heavy (non-hydrogen) atoms. The van der Waals surface area contributed by atoms with Crippen LogP contribution in [0.25, 0.3) is 22.3 Å². The standard InChI is InChI=1S/C23H28N8O/c1-2-13-31-15-17(14-27-31)20-19-9-12-25-21(19)30-23(29-20)28-18-7-5-16(6-8-18)22(32)26-11-4-3-10-24/h5-9,12,14-15H,2-4,10-11,13,24H2,1H3,(H,26,32)(H2,25,28,29,30). The first-order chi connectivity index (χ1) is 15.7. The quantitative estimate of drug-likeness (QED) is 0.284. The van der Waals surface area contributed by atoms with Gasteiger partial charge in [0, 0.05) is 47.7 Å². The van der Waals surface area contributed by atoms with Gasteiger partial charge in [0.05, 0.1) is 11.9 Å². The summed E-state index contributed by atoms with van der Waals surface area (Å²) in [5.41, 5.74) is 9.38. The number of fused-ring (bicyclic) bond motifs is 1. The summed E-state index contributed by atoms with van der Waals surface area (Å²) >= 11 is 0. The van der Waals surface area contributed by atoms with Gasteiger partial charge >= 0.3 is 0 Å². The lowest BCUT2D eigenvalue weighted by Gasteiger charge is -2.09. The number of unbranched alkanes of at least 4 members (excludes halogenated alkanes) is 1. The van der Waals surface area contributed by atoms with Crippen LogP contribution in [0.2, 0.25) is 0 Å². The summed E-state index contributed by atoms with van der Waals surface area (Å²) in [7, 11) is 0. The third-order valence-corrected chi connectivity index (χ3v) is 5.09. The van der Waals surface area contributed by atoms with Crippen molar-refractivity contribution >= 4 is 28.6 Å². The molecule has 3 heterocycles. The summed E-state index contributed by atoms with van der Waals surface area (Å²) in [5.74, 6) is 0.376. The van der Waals surface area contributed by atoms with Crippen LogP contribution in [0.15, 0.2) is 48.9 Å². The van der Waals surface area contributed by atoms with Crippen molar-refractivity contribution < 1.29 is 4.79 Å². The van der Waals surface area contributed by atoms with Gasteiger partial charge in [-0.25, -0.2) is 4.98 Å². The van der Waals surface area contributed by atoms with E-state index >= 15 is 0 Å². The van der Waals surface area contributed by atoms with Crippen LogP contribution in [0.1, 0.15) is 36.5 Å². The smallest absolute Gasteiger partial charge is 0.251 e. The molecule has 1 amide bonds. The van der Waals surface area contributed by atoms with E-state index in [1.165, 1.54) is 0 Å². The number of benzene rings is 1. The van der Waals surface area contributed by atoms with E-state index in [0.29, 0.717) is 24.6 Å². The first kappa shape index (κ1) is 21.5. The van der Waals surface area contributed by atoms with Crippen LogP contribution in [-0.2, 0) is 6.54 Å². The second kappa shape index (κ2) is 10.1. The molecule has 5 N–H and O–H groups in total. The zero-order chi connectivity index (χ0) is 22.3. The molecule has 9 heteroatoms. The molecule has 166 valence electrons. The molecule has 0 radical (unpaired) electrons. The average Bonchev–Trinajstić information content (AvgIpc) is 3.46. The Bertz CT molecular complexity index is 1180. The van der Waals surface area contributed by atoms with Crippen molar-refractivity contribution in [3.05, 3.63) is 54.5 Å². The number of nitrogens with zero attached hydrogens (tertiary/aromatic N) is 4. The van der Waals surface area contributed by atoms with Crippen molar-refractivity contribution in [3.8, 4) is 11.3 Å². The minimum atomic E-state index is -0.0935. The number of carbonyl (C=O) groups is 1. The number of aromatic nitrogens is 5. The monoisotopic (exact) mass is 432 g/mol. The summed E-state index contributed by atoms with van der Waals surface area (Å²) in [4.78, 5) is 24.7. The molecule has 1 aromatic carbocycles. The van der Waals surface area contributed by atoms with Gasteiger partial charge in [0.25, 0.3) is 5.91 Å². The van der Waals surface area contributed by atoms with Gasteiger partial charge in [-0.05, 0) is 56.1 Å². The molecular formula is C23H28N8O. The number of nitrogens with two attached hydrogens (primary N) is 1. The fourth-order valence-electron chi connectivity index (χ4n) is 3.46. The Kier molecular flexibility index (Phi) is 6.76. The molecule has 0 aliphatic carbocycles. The van der Waals surface area contributed by atoms with Crippen molar-refractivity contribution in [1.82, 2.24) is 30.0 Å². The van der Waals surface area contributed by atoms with Crippen LogP contribution in [0.5, 0.6) is 0 Å². The van der Waals surface area contributed by atoms with Crippen LogP contribution >= 0.6 is 0 Å². The van der Waals surface area contributed by atoms with Gasteiger partial charge in [-0.1, -0.05) is 6.92 Å². The summed E-state index contributed by atoms with van der Waals surface area (Å²) in [6, 6.07) is 9.21. The fraction of sp³-hybridized carbons (Fsp3) is 0.304. The number of rotatable bonds is 10. The lowest BCUT2D eigenvalue weighted by atomic mass is 10.2. The highest BCUT2D eigenvalue weighted by molar-refractivity contribution is 5.94. The summed E-state index contributed by atoms with van der Waals surface area (Å²) < 4.78 is 1.92. The van der Waals surface area contributed by atoms with Crippen molar-refractivity contribution in [2.45, 2.75) is 32.7 Å². The van der Waals surface area contributed by atoms with Crippen molar-refractivity contribution in [3.63, 3.8) is 0 Å². The Morgan fingerprint density at radius 1 is 1.16 bits per heavy atom. The minimum absolute atomic E-state index is 0.0935. The Balaban J connectivity index is 1.51. The van der Waals surface area contributed by atoms with Crippen molar-refractivity contribution in [2.75, 3.05) is 18.4 Å². The zero-order valence-electron chi connectivity index (χ0n) is 18.1. The molecule has 4 aromatic rings. The molecule has 0 spiro atoms. The minimum Gasteiger partial charge on any atom is -0.352 e. The predicted octanol–water partition coefficient (Wildman–Crippen LogP) is 3.44. The van der Waals surface area contributed by atoms with Gasteiger partial charge < -0.3 is 21.4 Å². The van der Waals surface area contributed by atoms with Crippen LogP contribution in [-0.4, -0.2) is 43.7 Å². The van der Waals surface area contributed by atoms with Gasteiger partial charge in [-0.2, -0.15) is 10.1 Å². The number of carbonyl (C=O) groups excluding carboxylic acids is 1. The SMILES string of the molecule is CCCn1cc(-c2nc(Nc3ccc(C(=O)NCCCCN)cc3)nc3[nH]ccc23)cn1. The van der Waals surface area contributed by atoms with Gasteiger partial charge in [-0.15, -0.1) is 0 Å². The maximum atomic E-state index is 12.2. The zero-order valence-corrected chi connectivity index (χ0v) is 18.1. The number of hydrogen-bond acceptors (Lipinski definition) is 6. The predicted molar refractivity (Wildman–Crippen MR) is 126 cm³/mol. The second-order valence-corrected chi connectivity index (χ2v) is 7.58. The molecule has 4 rings (SSSR count). The molecule has 0 bridgehead atoms. The second-order valence-electron chi connectivity index (χ2n) is 7.58. The first-order valence-electron chi connectivity index (χ1n) is 10.9. The van der Waals surface area contributed by atoms with Crippen LogP contribution in [0, 0.1) is 0 Å². The van der Waals surface area contributed by atoms with Crippen LogP contribution < -0.4 is 16.4 Å². The van der Waals surface area contributed by atoms with Crippen molar-refractivity contribution in [2.24, 2.45) is 5.73 Å². The fourth-order valence-corrected chi connectivity index (χ4v) is 3.46. The van der Waals surface area contributed by atoms with Gasteiger partial charge in [-0.3, -0.25) is 9.48 Å². The number of aromatic amines is 1. The first-order valence-corrected chi connectivity index (χ1v) is 10.9. The van der Waals surface area contributed by atoms with E-state index in [1.54, 1.807) is 12.1 Å². The highest BCUT2D eigenvalue weighted by atomic mass is 16.1. The number of nitrogens with one attached hydrogen (secondary N) is 3. The lowest BCUT2D eigenvalue weighted by molar-refractivity contribution is 0.0953. The molecule has 0 saturated carbocycles. The number of hydrogen-bond donors (Lipinski definition) is 4. The molecule has 0 unspecified atom stereocenters. The largest absolute Gasteiger partial charge is 0.352 e. The highest BCUT2D eigenvalue weighted by Gasteiger charge is 2.13. The molecule has 0 saturated heterocycles. The van der Waals surface area contributed by atoms with Crippen LogP contribution in [0.4, 0.5) is 11.6 Å². The van der Waals surface area contributed by atoms with E-state index in [1.807, 2.05) is 41.5 Å². The molecule has 0 atom stereocenters.